The normalized spacial score (nSPS) is 22.0. The molecule has 0 aliphatic carbocycles. The molecule has 1 amide bonds. The smallest absolute Gasteiger partial charge is 0.240 e. The van der Waals surface area contributed by atoms with Crippen molar-refractivity contribution in [3.05, 3.63) is 24.3 Å². The molecular weight excluding hydrogens is 390 g/mol. The highest BCUT2D eigenvalue weighted by atomic mass is 35.5. The summed E-state index contributed by atoms with van der Waals surface area (Å²) in [6, 6.07) is 7.17. The van der Waals surface area contributed by atoms with Crippen molar-refractivity contribution in [3.8, 4) is 5.75 Å². The van der Waals surface area contributed by atoms with Crippen LogP contribution in [0.5, 0.6) is 5.75 Å². The first-order valence-electron chi connectivity index (χ1n) is 9.24. The molecule has 0 spiro atoms. The first kappa shape index (κ1) is 21.9. The summed E-state index contributed by atoms with van der Waals surface area (Å²) in [5.74, 6) is 0.638. The molecule has 2 aliphatic heterocycles. The third-order valence-corrected chi connectivity index (χ3v) is 6.43. The SMILES string of the molecule is CCOc1ccc(S(=O)(=O)NCCC(=O)N2CCC3CCC(C2)N3)cc1.Cl. The van der Waals surface area contributed by atoms with Crippen LogP contribution in [0, 0.1) is 0 Å². The first-order valence-corrected chi connectivity index (χ1v) is 10.7. The highest BCUT2D eigenvalue weighted by Gasteiger charge is 2.30. The molecule has 7 nitrogen and oxygen atoms in total. The van der Waals surface area contributed by atoms with Gasteiger partial charge in [0.05, 0.1) is 11.5 Å². The number of amides is 1. The Morgan fingerprint density at radius 2 is 1.93 bits per heavy atom. The second kappa shape index (κ2) is 9.73. The molecule has 2 fully saturated rings. The molecule has 152 valence electrons. The topological polar surface area (TPSA) is 87.7 Å². The predicted octanol–water partition coefficient (Wildman–Crippen LogP) is 1.53. The van der Waals surface area contributed by atoms with E-state index in [0.29, 0.717) is 24.4 Å². The highest BCUT2D eigenvalue weighted by molar-refractivity contribution is 7.89. The Kier molecular flexibility index (Phi) is 7.91. The van der Waals surface area contributed by atoms with E-state index in [1.54, 1.807) is 12.1 Å². The van der Waals surface area contributed by atoms with Gasteiger partial charge in [-0.3, -0.25) is 4.79 Å². The summed E-state index contributed by atoms with van der Waals surface area (Å²) in [6.45, 7) is 3.97. The summed E-state index contributed by atoms with van der Waals surface area (Å²) in [5, 5.41) is 3.54. The lowest BCUT2D eigenvalue weighted by Gasteiger charge is -2.24. The van der Waals surface area contributed by atoms with Gasteiger partial charge in [-0.25, -0.2) is 13.1 Å². The molecule has 2 aliphatic rings. The average Bonchev–Trinajstić information content (AvgIpc) is 2.94. The number of nitrogens with zero attached hydrogens (tertiary/aromatic N) is 1. The van der Waals surface area contributed by atoms with Crippen molar-refractivity contribution in [2.75, 3.05) is 26.2 Å². The van der Waals surface area contributed by atoms with Crippen LogP contribution >= 0.6 is 12.4 Å². The zero-order chi connectivity index (χ0) is 18.6. The van der Waals surface area contributed by atoms with Crippen LogP contribution in [0.25, 0.3) is 0 Å². The van der Waals surface area contributed by atoms with Gasteiger partial charge in [-0.05, 0) is 50.5 Å². The number of likely N-dealkylation sites (tertiary alicyclic amines) is 1. The summed E-state index contributed by atoms with van der Waals surface area (Å²) in [6.07, 6.45) is 3.45. The minimum Gasteiger partial charge on any atom is -0.494 e. The van der Waals surface area contributed by atoms with Crippen molar-refractivity contribution in [1.29, 1.82) is 0 Å². The zero-order valence-corrected chi connectivity index (χ0v) is 17.2. The Morgan fingerprint density at radius 3 is 2.63 bits per heavy atom. The number of ether oxygens (including phenoxy) is 1. The number of benzene rings is 1. The number of fused-ring (bicyclic) bond motifs is 2. The second-order valence-corrected chi connectivity index (χ2v) is 8.59. The zero-order valence-electron chi connectivity index (χ0n) is 15.5. The van der Waals surface area contributed by atoms with Crippen molar-refractivity contribution in [2.45, 2.75) is 49.6 Å². The van der Waals surface area contributed by atoms with E-state index in [4.69, 9.17) is 4.74 Å². The Hall–Kier alpha value is -1.35. The lowest BCUT2D eigenvalue weighted by Crippen LogP contribution is -2.40. The molecule has 2 N–H and O–H groups in total. The molecule has 3 rings (SSSR count). The van der Waals surface area contributed by atoms with E-state index >= 15 is 0 Å². The third kappa shape index (κ3) is 5.81. The number of carbonyl (C=O) groups excluding carboxylic acids is 1. The van der Waals surface area contributed by atoms with Gasteiger partial charge in [-0.15, -0.1) is 12.4 Å². The maximum atomic E-state index is 12.4. The Balaban J connectivity index is 0.00000261. The molecule has 9 heteroatoms. The molecule has 2 heterocycles. The van der Waals surface area contributed by atoms with E-state index in [9.17, 15) is 13.2 Å². The van der Waals surface area contributed by atoms with Crippen LogP contribution in [0.4, 0.5) is 0 Å². The van der Waals surface area contributed by atoms with Gasteiger partial charge < -0.3 is 15.0 Å². The maximum absolute atomic E-state index is 12.4. The predicted molar refractivity (Wildman–Crippen MR) is 106 cm³/mol. The van der Waals surface area contributed by atoms with Crippen LogP contribution in [0.1, 0.15) is 32.6 Å². The van der Waals surface area contributed by atoms with Crippen LogP contribution in [-0.2, 0) is 14.8 Å². The molecule has 0 saturated carbocycles. The molecule has 1 aromatic carbocycles. The van der Waals surface area contributed by atoms with E-state index < -0.39 is 10.0 Å². The van der Waals surface area contributed by atoms with E-state index in [1.165, 1.54) is 18.6 Å². The Labute approximate surface area is 167 Å². The number of hydrogen-bond acceptors (Lipinski definition) is 5. The average molecular weight is 418 g/mol. The molecule has 0 aromatic heterocycles. The van der Waals surface area contributed by atoms with Crippen molar-refractivity contribution in [1.82, 2.24) is 14.9 Å². The second-order valence-electron chi connectivity index (χ2n) is 6.82. The van der Waals surface area contributed by atoms with Crippen molar-refractivity contribution in [3.63, 3.8) is 0 Å². The first-order chi connectivity index (χ1) is 12.5. The molecule has 2 saturated heterocycles. The highest BCUT2D eigenvalue weighted by Crippen LogP contribution is 2.21. The summed E-state index contributed by atoms with van der Waals surface area (Å²) in [4.78, 5) is 14.4. The van der Waals surface area contributed by atoms with E-state index in [-0.39, 0.29) is 36.2 Å². The van der Waals surface area contributed by atoms with Gasteiger partial charge in [-0.2, -0.15) is 0 Å². The van der Waals surface area contributed by atoms with Gasteiger partial charge in [0.15, 0.2) is 0 Å². The van der Waals surface area contributed by atoms with Crippen LogP contribution in [0.2, 0.25) is 0 Å². The number of rotatable bonds is 7. The van der Waals surface area contributed by atoms with Gasteiger partial charge in [0.2, 0.25) is 15.9 Å². The van der Waals surface area contributed by atoms with Crippen molar-refractivity contribution < 1.29 is 17.9 Å². The van der Waals surface area contributed by atoms with Crippen LogP contribution in [0.3, 0.4) is 0 Å². The van der Waals surface area contributed by atoms with Crippen LogP contribution < -0.4 is 14.8 Å². The lowest BCUT2D eigenvalue weighted by molar-refractivity contribution is -0.131. The fourth-order valence-electron chi connectivity index (χ4n) is 3.59. The maximum Gasteiger partial charge on any atom is 0.240 e. The summed E-state index contributed by atoms with van der Waals surface area (Å²) in [7, 11) is -3.62. The molecule has 2 atom stereocenters. The molecule has 27 heavy (non-hydrogen) atoms. The number of carbonyl (C=O) groups is 1. The van der Waals surface area contributed by atoms with Gasteiger partial charge in [0.1, 0.15) is 5.75 Å². The summed E-state index contributed by atoms with van der Waals surface area (Å²) < 4.78 is 32.5. The summed E-state index contributed by atoms with van der Waals surface area (Å²) >= 11 is 0. The fraction of sp³-hybridized carbons (Fsp3) is 0.611. The number of hydrogen-bond donors (Lipinski definition) is 2. The quantitative estimate of drug-likeness (QED) is 0.702. The summed E-state index contributed by atoms with van der Waals surface area (Å²) in [5.41, 5.74) is 0. The lowest BCUT2D eigenvalue weighted by atomic mass is 10.1. The van der Waals surface area contributed by atoms with Gasteiger partial charge >= 0.3 is 0 Å². The van der Waals surface area contributed by atoms with Crippen molar-refractivity contribution >= 4 is 28.3 Å². The number of nitrogens with one attached hydrogen (secondary N) is 2. The molecule has 2 bridgehead atoms. The van der Waals surface area contributed by atoms with Gasteiger partial charge in [0, 0.05) is 38.1 Å². The number of halogens is 1. The number of sulfonamides is 1. The fourth-order valence-corrected chi connectivity index (χ4v) is 4.62. The molecular formula is C18H28ClN3O4S. The van der Waals surface area contributed by atoms with E-state index in [2.05, 4.69) is 10.0 Å². The van der Waals surface area contributed by atoms with Gasteiger partial charge in [-0.1, -0.05) is 0 Å². The molecule has 0 radical (unpaired) electrons. The van der Waals surface area contributed by atoms with Crippen molar-refractivity contribution in [2.24, 2.45) is 0 Å². The van der Waals surface area contributed by atoms with E-state index in [0.717, 1.165) is 25.9 Å². The third-order valence-electron chi connectivity index (χ3n) is 4.95. The monoisotopic (exact) mass is 417 g/mol. The Bertz CT molecular complexity index is 727. The van der Waals surface area contributed by atoms with Gasteiger partial charge in [0.25, 0.3) is 0 Å². The van der Waals surface area contributed by atoms with Crippen LogP contribution in [-0.4, -0.2) is 57.5 Å². The largest absolute Gasteiger partial charge is 0.494 e. The van der Waals surface area contributed by atoms with E-state index in [1.807, 2.05) is 11.8 Å². The molecule has 2 unspecified atom stereocenters. The van der Waals surface area contributed by atoms with Crippen LogP contribution in [0.15, 0.2) is 29.2 Å². The minimum atomic E-state index is -3.62. The molecule has 1 aromatic rings. The Morgan fingerprint density at radius 1 is 1.22 bits per heavy atom. The standard InChI is InChI=1S/C18H27N3O4S.ClH/c1-2-25-16-5-7-17(8-6-16)26(23,24)19-11-9-18(22)21-12-10-14-3-4-15(13-21)20-14;/h5-8,14-15,19-20H,2-4,9-13H2,1H3;1H. The minimum absolute atomic E-state index is 0.